The molecule has 3 aromatic carbocycles. The van der Waals surface area contributed by atoms with Crippen molar-refractivity contribution < 1.29 is 34.9 Å². The van der Waals surface area contributed by atoms with Gasteiger partial charge in [0.1, 0.15) is 23.2 Å². The zero-order valence-electron chi connectivity index (χ0n) is 18.3. The van der Waals surface area contributed by atoms with Crippen LogP contribution < -0.4 is 37.8 Å². The van der Waals surface area contributed by atoms with Crippen molar-refractivity contribution >= 4 is 45.6 Å². The number of alkyl halides is 3. The van der Waals surface area contributed by atoms with Crippen LogP contribution in [0.4, 0.5) is 18.3 Å². The Kier molecular flexibility index (Phi) is 7.40. The highest BCUT2D eigenvalue weighted by atomic mass is 79.9. The fourth-order valence-electron chi connectivity index (χ4n) is 4.63. The maximum atomic E-state index is 13.9. The molecule has 1 amide bonds. The van der Waals surface area contributed by atoms with Crippen LogP contribution in [-0.4, -0.2) is 28.3 Å². The topological polar surface area (TPSA) is 46.1 Å². The Morgan fingerprint density at radius 1 is 0.800 bits per heavy atom. The summed E-state index contributed by atoms with van der Waals surface area (Å²) in [6.07, 6.45) is -4.08. The number of hydrogen-bond acceptors (Lipinski definition) is 4. The summed E-state index contributed by atoms with van der Waals surface area (Å²) in [6, 6.07) is 29.9. The van der Waals surface area contributed by atoms with E-state index in [2.05, 4.69) is 46.6 Å². The van der Waals surface area contributed by atoms with Crippen molar-refractivity contribution in [2.24, 2.45) is 0 Å². The lowest BCUT2D eigenvalue weighted by atomic mass is 10.3. The van der Waals surface area contributed by atoms with Crippen molar-refractivity contribution in [3.05, 3.63) is 96.0 Å². The number of hydrogen-bond donors (Lipinski definition) is 0. The number of benzene rings is 3. The van der Waals surface area contributed by atoms with E-state index in [1.165, 1.54) is 4.90 Å². The van der Waals surface area contributed by atoms with Crippen molar-refractivity contribution in [2.45, 2.75) is 18.3 Å². The van der Waals surface area contributed by atoms with Crippen LogP contribution in [0, 0.1) is 0 Å². The molecule has 1 saturated heterocycles. The molecule has 2 heterocycles. The Hall–Kier alpha value is -2.61. The molecule has 1 fully saturated rings. The Balaban J connectivity index is 0.00000289. The van der Waals surface area contributed by atoms with Crippen LogP contribution in [0.2, 0.25) is 0 Å². The highest BCUT2D eigenvalue weighted by molar-refractivity contribution is 7.97. The predicted molar refractivity (Wildman–Crippen MR) is 131 cm³/mol. The molecule has 0 N–H and O–H groups in total. The molecule has 0 bridgehead atoms. The van der Waals surface area contributed by atoms with Crippen molar-refractivity contribution in [3.8, 4) is 0 Å². The number of aromatic nitrogens is 2. The number of carbonyl (C=O) groups excluding carboxylic acids is 1. The van der Waals surface area contributed by atoms with Crippen molar-refractivity contribution in [1.82, 2.24) is 10.2 Å². The van der Waals surface area contributed by atoms with Crippen molar-refractivity contribution in [3.63, 3.8) is 0 Å². The first-order valence-electron chi connectivity index (χ1n) is 10.7. The highest BCUT2D eigenvalue weighted by Gasteiger charge is 2.59. The lowest BCUT2D eigenvalue weighted by Crippen LogP contribution is -3.00. The molecule has 5 rings (SSSR count). The number of nitrogens with zero attached hydrogens (tertiary/aromatic N) is 3. The van der Waals surface area contributed by atoms with Crippen molar-refractivity contribution in [2.75, 3.05) is 11.4 Å². The summed E-state index contributed by atoms with van der Waals surface area (Å²) in [5, 5.41) is 9.12. The molecular weight excluding hydrogens is 558 g/mol. The summed E-state index contributed by atoms with van der Waals surface area (Å²) in [7, 11) is -2.50. The molecule has 0 radical (unpaired) electrons. The third-order valence-corrected chi connectivity index (χ3v) is 11.8. The van der Waals surface area contributed by atoms with Gasteiger partial charge in [-0.2, -0.15) is 13.2 Å². The van der Waals surface area contributed by atoms with E-state index in [-0.39, 0.29) is 28.0 Å². The predicted octanol–water partition coefficient (Wildman–Crippen LogP) is 1.66. The summed E-state index contributed by atoms with van der Waals surface area (Å²) in [5.41, 5.74) is -0.432. The van der Waals surface area contributed by atoms with Gasteiger partial charge in [-0.25, -0.2) is 0 Å². The molecule has 0 spiro atoms. The average molecular weight is 578 g/mol. The molecule has 10 heteroatoms. The molecule has 0 saturated carbocycles. The molecule has 1 aliphatic rings. The van der Waals surface area contributed by atoms with Gasteiger partial charge in [0.25, 0.3) is 5.91 Å². The van der Waals surface area contributed by atoms with Gasteiger partial charge in [-0.3, -0.25) is 9.69 Å². The van der Waals surface area contributed by atoms with Crippen molar-refractivity contribution in [1.29, 1.82) is 0 Å². The maximum absolute atomic E-state index is 13.9. The van der Waals surface area contributed by atoms with Gasteiger partial charge in [0.2, 0.25) is 10.1 Å². The lowest BCUT2D eigenvalue weighted by Gasteiger charge is -2.31. The highest BCUT2D eigenvalue weighted by Crippen LogP contribution is 2.62. The first kappa shape index (κ1) is 25.5. The standard InChI is InChI=1S/C25H20F3N3OPS.BrH/c26-25(27,28)23-29-30-24(34-23)31-17-16-21(22(31)32)33(18-10-4-1-5-11-18,19-12-6-2-7-13-19)20-14-8-3-9-15-20;/h1-15,21H,16-17H2;1H/q+1;/p-1. The van der Waals surface area contributed by atoms with E-state index in [0.29, 0.717) is 24.3 Å². The fraction of sp³-hybridized carbons (Fsp3) is 0.160. The monoisotopic (exact) mass is 577 g/mol. The summed E-state index contributed by atoms with van der Waals surface area (Å²) in [6.45, 7) is 0.296. The summed E-state index contributed by atoms with van der Waals surface area (Å²) in [4.78, 5) is 15.3. The van der Waals surface area contributed by atoms with Gasteiger partial charge in [0, 0.05) is 13.0 Å². The second-order valence-corrected chi connectivity index (χ2v) is 12.5. The molecular formula is C25H20BrF3N3OPS. The zero-order valence-corrected chi connectivity index (χ0v) is 21.6. The summed E-state index contributed by atoms with van der Waals surface area (Å²) < 4.78 is 39.4. The quantitative estimate of drug-likeness (QED) is 0.339. The largest absolute Gasteiger partial charge is 1.00 e. The van der Waals surface area contributed by atoms with Gasteiger partial charge in [-0.15, -0.1) is 10.2 Å². The van der Waals surface area contributed by atoms with E-state index in [0.717, 1.165) is 15.9 Å². The van der Waals surface area contributed by atoms with Gasteiger partial charge in [0.15, 0.2) is 5.66 Å². The van der Waals surface area contributed by atoms with Gasteiger partial charge < -0.3 is 17.0 Å². The molecule has 4 aromatic rings. The van der Waals surface area contributed by atoms with Gasteiger partial charge in [0.05, 0.1) is 0 Å². The zero-order chi connectivity index (χ0) is 23.8. The molecule has 35 heavy (non-hydrogen) atoms. The van der Waals surface area contributed by atoms with E-state index < -0.39 is 24.1 Å². The van der Waals surface area contributed by atoms with Gasteiger partial charge >= 0.3 is 6.18 Å². The van der Waals surface area contributed by atoms with Crippen LogP contribution in [-0.2, 0) is 11.0 Å². The van der Waals surface area contributed by atoms with Gasteiger partial charge in [-0.05, 0) is 36.4 Å². The molecule has 1 aliphatic heterocycles. The van der Waals surface area contributed by atoms with E-state index in [4.69, 9.17) is 0 Å². The molecule has 180 valence electrons. The van der Waals surface area contributed by atoms with Crippen LogP contribution in [0.3, 0.4) is 0 Å². The molecule has 1 unspecified atom stereocenters. The Morgan fingerprint density at radius 2 is 1.26 bits per heavy atom. The SMILES string of the molecule is O=C1C([P+](c2ccccc2)(c2ccccc2)c2ccccc2)CCN1c1nnc(C(F)(F)F)s1.[Br-]. The molecule has 1 aromatic heterocycles. The number of rotatable bonds is 5. The summed E-state index contributed by atoms with van der Waals surface area (Å²) in [5.74, 6) is -0.213. The fourth-order valence-corrected chi connectivity index (χ4v) is 10.2. The number of anilines is 1. The van der Waals surface area contributed by atoms with E-state index in [1.54, 1.807) is 0 Å². The number of carbonyl (C=O) groups is 1. The smallest absolute Gasteiger partial charge is 0.445 e. The second-order valence-electron chi connectivity index (χ2n) is 7.91. The molecule has 1 atom stereocenters. The van der Waals surface area contributed by atoms with Gasteiger partial charge in [-0.1, -0.05) is 65.9 Å². The van der Waals surface area contributed by atoms with E-state index in [9.17, 15) is 18.0 Å². The molecule has 0 aliphatic carbocycles. The Morgan fingerprint density at radius 3 is 1.66 bits per heavy atom. The lowest BCUT2D eigenvalue weighted by molar-refractivity contribution is -0.138. The summed E-state index contributed by atoms with van der Waals surface area (Å²) >= 11 is 0.411. The van der Waals surface area contributed by atoms with Crippen LogP contribution in [0.1, 0.15) is 11.4 Å². The normalized spacial score (nSPS) is 16.3. The minimum Gasteiger partial charge on any atom is -1.00 e. The van der Waals surface area contributed by atoms with Crippen LogP contribution in [0.25, 0.3) is 0 Å². The van der Waals surface area contributed by atoms with Crippen LogP contribution in [0.5, 0.6) is 0 Å². The maximum Gasteiger partial charge on any atom is 0.445 e. The average Bonchev–Trinajstić information content (AvgIpc) is 3.50. The van der Waals surface area contributed by atoms with E-state index >= 15 is 0 Å². The first-order chi connectivity index (χ1) is 16.4. The minimum atomic E-state index is -4.59. The Bertz CT molecular complexity index is 1190. The number of halogens is 4. The minimum absolute atomic E-state index is 0. The van der Waals surface area contributed by atoms with E-state index in [1.807, 2.05) is 54.6 Å². The number of amides is 1. The third-order valence-electron chi connectivity index (χ3n) is 6.02. The third kappa shape index (κ3) is 4.53. The Labute approximate surface area is 215 Å². The van der Waals surface area contributed by atoms with Crippen LogP contribution >= 0.6 is 18.6 Å². The van der Waals surface area contributed by atoms with Crippen LogP contribution in [0.15, 0.2) is 91.0 Å². The first-order valence-corrected chi connectivity index (χ1v) is 13.4. The molecule has 4 nitrogen and oxygen atoms in total. The second kappa shape index (κ2) is 10.2.